The minimum atomic E-state index is -3.10. The van der Waals surface area contributed by atoms with Gasteiger partial charge in [0, 0.05) is 21.0 Å². The van der Waals surface area contributed by atoms with Crippen LogP contribution in [0.4, 0.5) is 0 Å². The third-order valence-corrected chi connectivity index (χ3v) is 5.95. The Morgan fingerprint density at radius 1 is 1.57 bits per heavy atom. The molecule has 0 bridgehead atoms. The summed E-state index contributed by atoms with van der Waals surface area (Å²) in [5.74, 6) is 0.547. The number of rotatable bonds is 1. The highest BCUT2D eigenvalue weighted by Gasteiger charge is 2.31. The van der Waals surface area contributed by atoms with Gasteiger partial charge in [-0.15, -0.1) is 0 Å². The zero-order valence-electron chi connectivity index (χ0n) is 6.84. The summed E-state index contributed by atoms with van der Waals surface area (Å²) in [4.78, 5) is 0. The van der Waals surface area contributed by atoms with Crippen molar-refractivity contribution in [2.24, 2.45) is 0 Å². The Balaban J connectivity index is 2.36. The quantitative estimate of drug-likeness (QED) is 0.475. The van der Waals surface area contributed by atoms with Crippen molar-refractivity contribution in [1.29, 1.82) is 0 Å². The van der Waals surface area contributed by atoms with Gasteiger partial charge in [0.15, 0.2) is 0 Å². The van der Waals surface area contributed by atoms with Gasteiger partial charge < -0.3 is 4.52 Å². The van der Waals surface area contributed by atoms with Gasteiger partial charge in [-0.05, 0) is 18.2 Å². The maximum atomic E-state index is 11.7. The SMILES string of the molecule is O=P1(SS)OCc2cc(Cl)ccc2O1. The largest absolute Gasteiger partial charge is 0.450 e. The van der Waals surface area contributed by atoms with Crippen LogP contribution in [-0.4, -0.2) is 0 Å². The van der Waals surface area contributed by atoms with E-state index < -0.39 is 6.80 Å². The average Bonchev–Trinajstić information content (AvgIpc) is 2.19. The normalized spacial score (nSPS) is 25.3. The van der Waals surface area contributed by atoms with Gasteiger partial charge in [-0.25, -0.2) is 4.57 Å². The monoisotopic (exact) mass is 268 g/mol. The first-order chi connectivity index (χ1) is 6.63. The summed E-state index contributed by atoms with van der Waals surface area (Å²) in [6.45, 7) is -2.87. The molecule has 1 unspecified atom stereocenters. The lowest BCUT2D eigenvalue weighted by Gasteiger charge is -2.23. The molecule has 0 N–H and O–H groups in total. The Kier molecular flexibility index (Phi) is 3.05. The van der Waals surface area contributed by atoms with Gasteiger partial charge in [-0.2, -0.15) is 0 Å². The third kappa shape index (κ3) is 2.07. The number of halogens is 1. The van der Waals surface area contributed by atoms with Gasteiger partial charge in [0.05, 0.1) is 6.61 Å². The van der Waals surface area contributed by atoms with Crippen LogP contribution in [0.25, 0.3) is 0 Å². The summed E-state index contributed by atoms with van der Waals surface area (Å²) in [6.07, 6.45) is 0. The van der Waals surface area contributed by atoms with Crippen LogP contribution in [0.1, 0.15) is 5.56 Å². The second-order valence-electron chi connectivity index (χ2n) is 2.65. The number of hydrogen-bond acceptors (Lipinski definition) is 5. The van der Waals surface area contributed by atoms with E-state index in [2.05, 4.69) is 11.7 Å². The van der Waals surface area contributed by atoms with E-state index in [0.717, 1.165) is 16.0 Å². The highest BCUT2D eigenvalue weighted by Crippen LogP contribution is 2.64. The molecule has 2 rings (SSSR count). The molecule has 1 aromatic carbocycles. The van der Waals surface area contributed by atoms with E-state index >= 15 is 0 Å². The number of thiol groups is 1. The highest BCUT2D eigenvalue weighted by atomic mass is 35.5. The van der Waals surface area contributed by atoms with E-state index in [9.17, 15) is 4.57 Å². The van der Waals surface area contributed by atoms with E-state index in [1.807, 2.05) is 0 Å². The third-order valence-electron chi connectivity index (χ3n) is 1.71. The molecule has 0 saturated heterocycles. The van der Waals surface area contributed by atoms with Gasteiger partial charge in [0.25, 0.3) is 0 Å². The van der Waals surface area contributed by atoms with Crippen molar-refractivity contribution in [2.75, 3.05) is 0 Å². The maximum Gasteiger partial charge on any atom is 0.450 e. The van der Waals surface area contributed by atoms with E-state index in [1.165, 1.54) is 0 Å². The predicted octanol–water partition coefficient (Wildman–Crippen LogP) is 3.94. The second-order valence-corrected chi connectivity index (χ2v) is 7.88. The average molecular weight is 269 g/mol. The first-order valence-corrected chi connectivity index (χ1v) is 8.08. The first-order valence-electron chi connectivity index (χ1n) is 3.69. The van der Waals surface area contributed by atoms with Crippen LogP contribution in [0.5, 0.6) is 5.75 Å². The Morgan fingerprint density at radius 2 is 2.36 bits per heavy atom. The van der Waals surface area contributed by atoms with Crippen LogP contribution in [0.15, 0.2) is 18.2 Å². The molecule has 0 aliphatic carbocycles. The Morgan fingerprint density at radius 3 is 3.07 bits per heavy atom. The van der Waals surface area contributed by atoms with E-state index in [0.29, 0.717) is 10.8 Å². The first kappa shape index (κ1) is 10.7. The van der Waals surface area contributed by atoms with Crippen molar-refractivity contribution in [3.63, 3.8) is 0 Å². The molecular weight excluding hydrogens is 263 g/mol. The smallest absolute Gasteiger partial charge is 0.416 e. The lowest BCUT2D eigenvalue weighted by atomic mass is 10.2. The van der Waals surface area contributed by atoms with Crippen LogP contribution < -0.4 is 4.52 Å². The van der Waals surface area contributed by atoms with E-state index in [1.54, 1.807) is 18.2 Å². The van der Waals surface area contributed by atoms with Gasteiger partial charge in [0.2, 0.25) is 0 Å². The van der Waals surface area contributed by atoms with Crippen molar-refractivity contribution >= 4 is 40.5 Å². The van der Waals surface area contributed by atoms with Crippen LogP contribution in [0, 0.1) is 0 Å². The topological polar surface area (TPSA) is 35.5 Å². The molecule has 0 aromatic heterocycles. The second kappa shape index (κ2) is 3.99. The summed E-state index contributed by atoms with van der Waals surface area (Å²) in [5, 5.41) is 0.603. The molecule has 0 radical (unpaired) electrons. The minimum Gasteiger partial charge on any atom is -0.416 e. The van der Waals surface area contributed by atoms with Crippen molar-refractivity contribution < 1.29 is 13.6 Å². The molecule has 0 saturated carbocycles. The molecule has 0 fully saturated rings. The van der Waals surface area contributed by atoms with E-state index in [4.69, 9.17) is 20.6 Å². The fourth-order valence-corrected chi connectivity index (χ4v) is 3.49. The molecule has 1 aromatic rings. The fraction of sp³-hybridized carbons (Fsp3) is 0.143. The minimum absolute atomic E-state index is 0.237. The van der Waals surface area contributed by atoms with Crippen molar-refractivity contribution in [3.8, 4) is 5.75 Å². The Hall–Kier alpha value is 0.200. The number of hydrogen-bond donors (Lipinski definition) is 1. The molecule has 1 heterocycles. The van der Waals surface area contributed by atoms with Crippen LogP contribution in [-0.2, 0) is 15.7 Å². The lowest BCUT2D eigenvalue weighted by molar-refractivity contribution is 0.247. The lowest BCUT2D eigenvalue weighted by Crippen LogP contribution is -2.04. The predicted molar refractivity (Wildman–Crippen MR) is 61.1 cm³/mol. The van der Waals surface area contributed by atoms with Gasteiger partial charge in [0.1, 0.15) is 5.75 Å². The standard InChI is InChI=1S/C7H6ClO3PS2/c8-6-1-2-7-5(3-6)4-10-12(9,11-7)14-13/h1-3,13H,4H2. The van der Waals surface area contributed by atoms with Crippen molar-refractivity contribution in [2.45, 2.75) is 6.61 Å². The Labute approximate surface area is 95.2 Å². The van der Waals surface area contributed by atoms with Crippen LogP contribution in [0.2, 0.25) is 5.02 Å². The molecule has 0 amide bonds. The molecular formula is C7H6ClO3PS2. The zero-order chi connectivity index (χ0) is 10.2. The maximum absolute atomic E-state index is 11.7. The highest BCUT2D eigenvalue weighted by molar-refractivity contribution is 8.93. The molecule has 0 spiro atoms. The summed E-state index contributed by atoms with van der Waals surface area (Å²) >= 11 is 9.62. The van der Waals surface area contributed by atoms with Crippen LogP contribution in [0.3, 0.4) is 0 Å². The number of fused-ring (bicyclic) bond motifs is 1. The molecule has 1 aliphatic heterocycles. The Bertz CT molecular complexity index is 412. The van der Waals surface area contributed by atoms with Gasteiger partial charge in [-0.1, -0.05) is 23.3 Å². The molecule has 3 nitrogen and oxygen atoms in total. The summed E-state index contributed by atoms with van der Waals surface area (Å²) < 4.78 is 21.9. The molecule has 76 valence electrons. The summed E-state index contributed by atoms with van der Waals surface area (Å²) in [6, 6.07) is 5.08. The summed E-state index contributed by atoms with van der Waals surface area (Å²) in [5.41, 5.74) is 0.798. The van der Waals surface area contributed by atoms with Gasteiger partial charge >= 0.3 is 6.80 Å². The van der Waals surface area contributed by atoms with E-state index in [-0.39, 0.29) is 6.61 Å². The number of benzene rings is 1. The molecule has 14 heavy (non-hydrogen) atoms. The molecule has 1 aliphatic rings. The van der Waals surface area contributed by atoms with Gasteiger partial charge in [-0.3, -0.25) is 4.52 Å². The molecule has 1 atom stereocenters. The van der Waals surface area contributed by atoms with Crippen molar-refractivity contribution in [1.82, 2.24) is 0 Å². The van der Waals surface area contributed by atoms with Crippen molar-refractivity contribution in [3.05, 3.63) is 28.8 Å². The summed E-state index contributed by atoms with van der Waals surface area (Å²) in [7, 11) is 0.788. The fourth-order valence-electron chi connectivity index (χ4n) is 1.09. The van der Waals surface area contributed by atoms with Crippen LogP contribution >= 0.6 is 40.5 Å². The molecule has 7 heteroatoms. The zero-order valence-corrected chi connectivity index (χ0v) is 10.2.